The van der Waals surface area contributed by atoms with Crippen molar-refractivity contribution in [1.82, 2.24) is 10.4 Å². The average molecular weight is 242 g/mol. The summed E-state index contributed by atoms with van der Waals surface area (Å²) in [7, 11) is 0. The van der Waals surface area contributed by atoms with Crippen molar-refractivity contribution in [2.45, 2.75) is 6.42 Å². The van der Waals surface area contributed by atoms with Gasteiger partial charge >= 0.3 is 0 Å². The molecule has 1 amide bonds. The predicted molar refractivity (Wildman–Crippen MR) is 57.1 cm³/mol. The minimum absolute atomic E-state index is 0.0942. The van der Waals surface area contributed by atoms with E-state index in [9.17, 15) is 9.90 Å². The molecule has 6 nitrogen and oxygen atoms in total. The van der Waals surface area contributed by atoms with E-state index in [2.05, 4.69) is 15.5 Å². The second kappa shape index (κ2) is 5.23. The van der Waals surface area contributed by atoms with E-state index in [0.717, 1.165) is 11.3 Å². The van der Waals surface area contributed by atoms with E-state index in [1.54, 1.807) is 6.07 Å². The number of amides is 1. The van der Waals surface area contributed by atoms with Crippen LogP contribution in [0.1, 0.15) is 11.3 Å². The van der Waals surface area contributed by atoms with Gasteiger partial charge in [0.05, 0.1) is 12.3 Å². The number of carbonyl (C=O) groups is 1. The Hall–Kier alpha value is -1.72. The summed E-state index contributed by atoms with van der Waals surface area (Å²) in [4.78, 5) is 13.7. The molecular weight excluding hydrogens is 236 g/mol. The van der Waals surface area contributed by atoms with Gasteiger partial charge in [-0.1, -0.05) is 11.3 Å². The molecule has 1 heterocycles. The summed E-state index contributed by atoms with van der Waals surface area (Å²) in [6, 6.07) is 1.68. The zero-order valence-corrected chi connectivity index (χ0v) is 8.98. The van der Waals surface area contributed by atoms with Gasteiger partial charge in [0.25, 0.3) is 5.91 Å². The van der Waals surface area contributed by atoms with Crippen LogP contribution in [-0.2, 0) is 4.79 Å². The van der Waals surface area contributed by atoms with Crippen molar-refractivity contribution in [3.05, 3.63) is 8.83 Å². The summed E-state index contributed by atoms with van der Waals surface area (Å²) in [5.74, 6) is -0.601. The third-order valence-corrected chi connectivity index (χ3v) is 2.43. The molecule has 0 aromatic carbocycles. The maximum absolute atomic E-state index is 10.8. The number of rotatable bonds is 3. The Balaban J connectivity index is 2.59. The number of hydrazone groups is 1. The number of thiazole rings is 1. The molecule has 0 aliphatic carbocycles. The van der Waals surface area contributed by atoms with Crippen molar-refractivity contribution in [1.29, 1.82) is 5.26 Å². The lowest BCUT2D eigenvalue weighted by molar-refractivity contribution is -0.120. The minimum Gasteiger partial charge on any atom is -0.494 e. The number of hydrogen-bond acceptors (Lipinski definition) is 6. The lowest BCUT2D eigenvalue weighted by atomic mass is 10.5. The van der Waals surface area contributed by atoms with Crippen LogP contribution < -0.4 is 5.43 Å². The maximum Gasteiger partial charge on any atom is 0.254 e. The fourth-order valence-electron chi connectivity index (χ4n) is 0.694. The first-order valence-corrected chi connectivity index (χ1v) is 4.97. The van der Waals surface area contributed by atoms with Crippen LogP contribution in [-0.4, -0.2) is 22.2 Å². The highest BCUT2D eigenvalue weighted by Gasteiger charge is 2.01. The average Bonchev–Trinajstić information content (AvgIpc) is 2.46. The van der Waals surface area contributed by atoms with Gasteiger partial charge in [-0.15, -0.1) is 0 Å². The van der Waals surface area contributed by atoms with E-state index in [-0.39, 0.29) is 12.3 Å². The van der Waals surface area contributed by atoms with Crippen molar-refractivity contribution in [2.24, 2.45) is 5.10 Å². The maximum atomic E-state index is 10.8. The zero-order chi connectivity index (χ0) is 11.3. The highest BCUT2D eigenvalue weighted by Crippen LogP contribution is 2.18. The smallest absolute Gasteiger partial charge is 0.254 e. The summed E-state index contributed by atoms with van der Waals surface area (Å²) in [5.41, 5.74) is 2.12. The fourth-order valence-corrected chi connectivity index (χ4v) is 1.66. The number of nitrogens with zero attached hydrogens (tertiary/aromatic N) is 2. The molecule has 0 aliphatic rings. The van der Waals surface area contributed by atoms with Crippen LogP contribution in [0.15, 0.2) is 5.10 Å². The van der Waals surface area contributed by atoms with E-state index in [1.165, 1.54) is 6.21 Å². The van der Waals surface area contributed by atoms with Crippen LogP contribution in [0.5, 0.6) is 5.88 Å². The first-order valence-electron chi connectivity index (χ1n) is 3.74. The molecule has 0 fully saturated rings. The first kappa shape index (κ1) is 11.4. The summed E-state index contributed by atoms with van der Waals surface area (Å²) in [5, 5.41) is 21.0. The molecule has 3 N–H and O–H groups in total. The fraction of sp³-hybridized carbons (Fsp3) is 0.143. The molecule has 0 radical (unpaired) electrons. The van der Waals surface area contributed by atoms with E-state index < -0.39 is 5.91 Å². The van der Waals surface area contributed by atoms with Gasteiger partial charge in [0.15, 0.2) is 3.95 Å². The minimum atomic E-state index is -0.507. The summed E-state index contributed by atoms with van der Waals surface area (Å²) < 4.78 is 0.414. The van der Waals surface area contributed by atoms with Crippen LogP contribution in [0.2, 0.25) is 0 Å². The van der Waals surface area contributed by atoms with Crippen molar-refractivity contribution in [2.75, 3.05) is 0 Å². The number of nitrogens with one attached hydrogen (secondary N) is 2. The third kappa shape index (κ3) is 3.49. The van der Waals surface area contributed by atoms with Gasteiger partial charge in [-0.25, -0.2) is 5.43 Å². The zero-order valence-electron chi connectivity index (χ0n) is 7.35. The van der Waals surface area contributed by atoms with Crippen molar-refractivity contribution >= 4 is 35.7 Å². The monoisotopic (exact) mass is 242 g/mol. The molecule has 78 valence electrons. The molecule has 1 rings (SSSR count). The molecule has 0 saturated heterocycles. The molecular formula is C7H6N4O2S2. The molecule has 0 atom stereocenters. The molecule has 0 spiro atoms. The number of hydrogen-bond donors (Lipinski definition) is 3. The van der Waals surface area contributed by atoms with E-state index in [4.69, 9.17) is 17.5 Å². The van der Waals surface area contributed by atoms with E-state index in [0.29, 0.717) is 8.83 Å². The molecule has 1 aromatic rings. The Kier molecular flexibility index (Phi) is 3.96. The quantitative estimate of drug-likeness (QED) is 0.416. The highest BCUT2D eigenvalue weighted by molar-refractivity contribution is 7.73. The van der Waals surface area contributed by atoms with Crippen LogP contribution >= 0.6 is 23.6 Å². The normalized spacial score (nSPS) is 10.1. The second-order valence-corrected chi connectivity index (χ2v) is 4.07. The molecule has 0 aliphatic heterocycles. The molecule has 0 unspecified atom stereocenters. The molecule has 1 aromatic heterocycles. The number of aromatic nitrogens is 1. The number of aromatic amines is 1. The lowest BCUT2D eigenvalue weighted by Gasteiger charge is -1.91. The SMILES string of the molecule is N#CCC(=O)N/N=C/c1sc(=S)[nH]c1O. The Morgan fingerprint density at radius 3 is 3.13 bits per heavy atom. The van der Waals surface area contributed by atoms with E-state index in [1.807, 2.05) is 0 Å². The Labute approximate surface area is 93.9 Å². The van der Waals surface area contributed by atoms with Crippen LogP contribution in [0, 0.1) is 15.3 Å². The topological polar surface area (TPSA) is 101 Å². The van der Waals surface area contributed by atoms with Gasteiger partial charge < -0.3 is 10.1 Å². The Morgan fingerprint density at radius 1 is 1.87 bits per heavy atom. The van der Waals surface area contributed by atoms with Gasteiger partial charge in [0, 0.05) is 0 Å². The summed E-state index contributed by atoms with van der Waals surface area (Å²) >= 11 is 5.90. The van der Waals surface area contributed by atoms with Crippen molar-refractivity contribution in [3.8, 4) is 11.9 Å². The third-order valence-electron chi connectivity index (χ3n) is 1.27. The summed E-state index contributed by atoms with van der Waals surface area (Å²) in [6.45, 7) is 0. The first-order chi connectivity index (χ1) is 7.13. The Bertz CT molecular complexity index is 482. The highest BCUT2D eigenvalue weighted by atomic mass is 32.1. The van der Waals surface area contributed by atoms with E-state index >= 15 is 0 Å². The van der Waals surface area contributed by atoms with Gasteiger partial charge in [-0.05, 0) is 12.2 Å². The second-order valence-electron chi connectivity index (χ2n) is 2.36. The largest absolute Gasteiger partial charge is 0.494 e. The molecule has 15 heavy (non-hydrogen) atoms. The van der Waals surface area contributed by atoms with Crippen LogP contribution in [0.25, 0.3) is 0 Å². The lowest BCUT2D eigenvalue weighted by Crippen LogP contribution is -2.15. The molecule has 0 saturated carbocycles. The van der Waals surface area contributed by atoms with Gasteiger partial charge in [-0.2, -0.15) is 10.4 Å². The van der Waals surface area contributed by atoms with Crippen molar-refractivity contribution in [3.63, 3.8) is 0 Å². The number of H-pyrrole nitrogens is 1. The van der Waals surface area contributed by atoms with Crippen LogP contribution in [0.3, 0.4) is 0 Å². The Morgan fingerprint density at radius 2 is 2.60 bits per heavy atom. The number of aromatic hydroxyl groups is 1. The predicted octanol–water partition coefficient (Wildman–Crippen LogP) is 0.875. The van der Waals surface area contributed by atoms with Gasteiger partial charge in [-0.3, -0.25) is 4.79 Å². The number of carbonyl (C=O) groups excluding carboxylic acids is 1. The molecule has 0 bridgehead atoms. The number of nitriles is 1. The van der Waals surface area contributed by atoms with Gasteiger partial charge in [0.2, 0.25) is 5.88 Å². The standard InChI is InChI=1S/C7H6N4O2S2/c8-2-1-5(12)11-9-3-4-6(13)10-7(14)15-4/h3,13H,1H2,(H,10,14)(H,11,12)/b9-3+. The van der Waals surface area contributed by atoms with Crippen molar-refractivity contribution < 1.29 is 9.90 Å². The summed E-state index contributed by atoms with van der Waals surface area (Å²) in [6.07, 6.45) is 0.994. The van der Waals surface area contributed by atoms with Crippen LogP contribution in [0.4, 0.5) is 0 Å². The van der Waals surface area contributed by atoms with Gasteiger partial charge in [0.1, 0.15) is 11.3 Å². The molecule has 8 heteroatoms.